The Kier molecular flexibility index (Phi) is 1.71. The van der Waals surface area contributed by atoms with E-state index in [2.05, 4.69) is 14.8 Å². The fraction of sp³-hybridized carbons (Fsp3) is 0.600. The normalized spacial score (nSPS) is 14.7. The van der Waals surface area contributed by atoms with Crippen LogP contribution in [0.5, 0.6) is 0 Å². The highest BCUT2D eigenvalue weighted by Crippen LogP contribution is 2.08. The summed E-state index contributed by atoms with van der Waals surface area (Å²) in [5.41, 5.74) is 0. The number of nitrogens with zero attached hydrogens (tertiary/aromatic N) is 3. The van der Waals surface area contributed by atoms with E-state index < -0.39 is 0 Å². The zero-order valence-corrected chi connectivity index (χ0v) is 5.77. The molecule has 0 aromatic carbocycles. The molecule has 0 spiro atoms. The lowest BCUT2D eigenvalue weighted by molar-refractivity contribution is 0.741. The number of rotatable bonds is 0. The Balaban J connectivity index is 0.000000405. The highest BCUT2D eigenvalue weighted by atomic mass is 35.5. The minimum absolute atomic E-state index is 0. The van der Waals surface area contributed by atoms with Gasteiger partial charge in [0.15, 0.2) is 0 Å². The molecule has 0 fully saturated rings. The Bertz CT molecular complexity index is 177. The van der Waals surface area contributed by atoms with E-state index in [9.17, 15) is 0 Å². The molecule has 0 unspecified atom stereocenters. The third-order valence-electron chi connectivity index (χ3n) is 1.50. The minimum atomic E-state index is 0. The van der Waals surface area contributed by atoms with Crippen molar-refractivity contribution in [2.45, 2.75) is 19.4 Å². The van der Waals surface area contributed by atoms with Crippen molar-refractivity contribution in [2.75, 3.05) is 0 Å². The summed E-state index contributed by atoms with van der Waals surface area (Å²) in [7, 11) is 0. The molecular formula is C5H8ClN3. The number of aromatic nitrogens is 3. The molecule has 0 bridgehead atoms. The fourth-order valence-corrected chi connectivity index (χ4v) is 1.07. The Labute approximate surface area is 59.5 Å². The molecule has 9 heavy (non-hydrogen) atoms. The first kappa shape index (κ1) is 6.55. The molecule has 0 aliphatic carbocycles. The summed E-state index contributed by atoms with van der Waals surface area (Å²) >= 11 is 0. The lowest BCUT2D eigenvalue weighted by Crippen LogP contribution is -1.87. The SMILES string of the molecule is Cl.c1nnc2n1CCC2. The zero-order chi connectivity index (χ0) is 5.40. The van der Waals surface area contributed by atoms with Crippen molar-refractivity contribution >= 4 is 12.4 Å². The van der Waals surface area contributed by atoms with E-state index in [1.165, 1.54) is 6.42 Å². The lowest BCUT2D eigenvalue weighted by atomic mass is 10.4. The van der Waals surface area contributed by atoms with E-state index in [0.717, 1.165) is 18.8 Å². The van der Waals surface area contributed by atoms with Crippen LogP contribution >= 0.6 is 12.4 Å². The second kappa shape index (κ2) is 2.35. The second-order valence-electron chi connectivity index (χ2n) is 2.04. The highest BCUT2D eigenvalue weighted by molar-refractivity contribution is 5.85. The van der Waals surface area contributed by atoms with E-state index in [1.807, 2.05) is 0 Å². The number of hydrogen-bond acceptors (Lipinski definition) is 2. The fourth-order valence-electron chi connectivity index (χ4n) is 1.07. The number of hydrogen-bond donors (Lipinski definition) is 0. The number of halogens is 1. The molecule has 3 nitrogen and oxygen atoms in total. The van der Waals surface area contributed by atoms with Gasteiger partial charge in [0.2, 0.25) is 0 Å². The maximum absolute atomic E-state index is 3.91. The Morgan fingerprint density at radius 1 is 1.56 bits per heavy atom. The van der Waals surface area contributed by atoms with Gasteiger partial charge in [0.05, 0.1) is 0 Å². The highest BCUT2D eigenvalue weighted by Gasteiger charge is 2.09. The van der Waals surface area contributed by atoms with Gasteiger partial charge in [-0.15, -0.1) is 22.6 Å². The molecule has 1 aliphatic rings. The summed E-state index contributed by atoms with van der Waals surface area (Å²) in [4.78, 5) is 0. The number of fused-ring (bicyclic) bond motifs is 1. The van der Waals surface area contributed by atoms with Crippen LogP contribution < -0.4 is 0 Å². The largest absolute Gasteiger partial charge is 0.318 e. The summed E-state index contributed by atoms with van der Waals surface area (Å²) in [6.45, 7) is 1.11. The van der Waals surface area contributed by atoms with Crippen molar-refractivity contribution < 1.29 is 0 Å². The summed E-state index contributed by atoms with van der Waals surface area (Å²) in [5, 5.41) is 7.67. The first-order valence-corrected chi connectivity index (χ1v) is 2.83. The molecule has 1 aliphatic heterocycles. The van der Waals surface area contributed by atoms with Crippen molar-refractivity contribution in [3.8, 4) is 0 Å². The molecule has 0 atom stereocenters. The summed E-state index contributed by atoms with van der Waals surface area (Å²) in [5.74, 6) is 1.14. The van der Waals surface area contributed by atoms with Crippen LogP contribution in [0.1, 0.15) is 12.2 Å². The third-order valence-corrected chi connectivity index (χ3v) is 1.50. The van der Waals surface area contributed by atoms with Crippen molar-refractivity contribution in [3.63, 3.8) is 0 Å². The van der Waals surface area contributed by atoms with Gasteiger partial charge in [0.1, 0.15) is 12.2 Å². The summed E-state index contributed by atoms with van der Waals surface area (Å²) in [6, 6.07) is 0. The average molecular weight is 146 g/mol. The molecule has 0 N–H and O–H groups in total. The van der Waals surface area contributed by atoms with Crippen LogP contribution in [0.15, 0.2) is 6.33 Å². The smallest absolute Gasteiger partial charge is 0.132 e. The molecular weight excluding hydrogens is 138 g/mol. The van der Waals surface area contributed by atoms with E-state index in [4.69, 9.17) is 0 Å². The predicted octanol–water partition coefficient (Wildman–Crippen LogP) is 0.646. The van der Waals surface area contributed by atoms with Crippen molar-refractivity contribution in [3.05, 3.63) is 12.2 Å². The quantitative estimate of drug-likeness (QED) is 0.537. The van der Waals surface area contributed by atoms with Crippen LogP contribution in [0.4, 0.5) is 0 Å². The predicted molar refractivity (Wildman–Crippen MR) is 35.6 cm³/mol. The Hall–Kier alpha value is -0.570. The first-order valence-electron chi connectivity index (χ1n) is 2.83. The molecule has 0 saturated heterocycles. The van der Waals surface area contributed by atoms with E-state index >= 15 is 0 Å². The maximum atomic E-state index is 3.91. The molecule has 2 rings (SSSR count). The topological polar surface area (TPSA) is 30.7 Å². The number of aryl methyl sites for hydroxylation is 2. The van der Waals surface area contributed by atoms with Gasteiger partial charge in [-0.1, -0.05) is 0 Å². The minimum Gasteiger partial charge on any atom is -0.318 e. The molecule has 1 aromatic heterocycles. The van der Waals surface area contributed by atoms with E-state index in [0.29, 0.717) is 0 Å². The Morgan fingerprint density at radius 3 is 3.22 bits per heavy atom. The molecule has 0 amide bonds. The van der Waals surface area contributed by atoms with Gasteiger partial charge in [0.25, 0.3) is 0 Å². The monoisotopic (exact) mass is 145 g/mol. The van der Waals surface area contributed by atoms with Crippen molar-refractivity contribution in [1.29, 1.82) is 0 Å². The summed E-state index contributed by atoms with van der Waals surface area (Å²) in [6.07, 6.45) is 4.15. The van der Waals surface area contributed by atoms with Crippen LogP contribution in [0.25, 0.3) is 0 Å². The van der Waals surface area contributed by atoms with E-state index in [1.54, 1.807) is 6.33 Å². The van der Waals surface area contributed by atoms with Crippen molar-refractivity contribution in [2.24, 2.45) is 0 Å². The van der Waals surface area contributed by atoms with Gasteiger partial charge in [-0.25, -0.2) is 0 Å². The molecule has 4 heteroatoms. The molecule has 0 saturated carbocycles. The maximum Gasteiger partial charge on any atom is 0.132 e. The van der Waals surface area contributed by atoms with Crippen LogP contribution in [-0.2, 0) is 13.0 Å². The van der Waals surface area contributed by atoms with Crippen LogP contribution in [0.3, 0.4) is 0 Å². The van der Waals surface area contributed by atoms with Crippen LogP contribution in [0.2, 0.25) is 0 Å². The van der Waals surface area contributed by atoms with Gasteiger partial charge in [-0.2, -0.15) is 0 Å². The zero-order valence-electron chi connectivity index (χ0n) is 4.95. The standard InChI is InChI=1S/C5H7N3.ClH/c1-2-5-7-6-4-8(5)3-1;/h4H,1-3H2;1H. The van der Waals surface area contributed by atoms with Gasteiger partial charge in [-0.05, 0) is 6.42 Å². The molecule has 50 valence electrons. The van der Waals surface area contributed by atoms with Crippen LogP contribution in [-0.4, -0.2) is 14.8 Å². The van der Waals surface area contributed by atoms with Crippen molar-refractivity contribution in [1.82, 2.24) is 14.8 Å². The van der Waals surface area contributed by atoms with Gasteiger partial charge >= 0.3 is 0 Å². The van der Waals surface area contributed by atoms with Crippen LogP contribution in [0, 0.1) is 0 Å². The second-order valence-corrected chi connectivity index (χ2v) is 2.04. The summed E-state index contributed by atoms with van der Waals surface area (Å²) < 4.78 is 2.10. The first-order chi connectivity index (χ1) is 3.97. The molecule has 2 heterocycles. The Morgan fingerprint density at radius 2 is 2.44 bits per heavy atom. The molecule has 1 aromatic rings. The average Bonchev–Trinajstić information content (AvgIpc) is 2.15. The van der Waals surface area contributed by atoms with Gasteiger partial charge in [0, 0.05) is 13.0 Å². The van der Waals surface area contributed by atoms with E-state index in [-0.39, 0.29) is 12.4 Å². The van der Waals surface area contributed by atoms with Gasteiger partial charge in [-0.3, -0.25) is 0 Å². The lowest BCUT2D eigenvalue weighted by Gasteiger charge is -1.85. The van der Waals surface area contributed by atoms with Gasteiger partial charge < -0.3 is 4.57 Å². The third kappa shape index (κ3) is 0.920. The molecule has 0 radical (unpaired) electrons.